The second-order valence-corrected chi connectivity index (χ2v) is 16.7. The molecule has 1 aliphatic heterocycles. The number of rotatable bonds is 16. The fourth-order valence-corrected chi connectivity index (χ4v) is 8.26. The van der Waals surface area contributed by atoms with Gasteiger partial charge in [-0.2, -0.15) is 13.0 Å². The highest BCUT2D eigenvalue weighted by Gasteiger charge is 2.28. The van der Waals surface area contributed by atoms with Gasteiger partial charge in [-0.25, -0.2) is 4.79 Å². The van der Waals surface area contributed by atoms with E-state index in [2.05, 4.69) is 5.32 Å². The van der Waals surface area contributed by atoms with E-state index >= 15 is 0 Å². The molecule has 56 heavy (non-hydrogen) atoms. The number of hydrogen-bond acceptors (Lipinski definition) is 8. The molecule has 5 aromatic rings. The van der Waals surface area contributed by atoms with Gasteiger partial charge in [-0.1, -0.05) is 77.9 Å². The van der Waals surface area contributed by atoms with Crippen molar-refractivity contribution in [2.75, 3.05) is 28.6 Å². The Labute approximate surface area is 339 Å². The number of halogens is 2. The first-order valence-corrected chi connectivity index (χ1v) is 21.1. The van der Waals surface area contributed by atoms with Gasteiger partial charge >= 0.3 is 5.97 Å². The molecule has 0 fully saturated rings. The van der Waals surface area contributed by atoms with E-state index in [0.717, 1.165) is 37.6 Å². The molecule has 4 aromatic carbocycles. The lowest BCUT2D eigenvalue weighted by Gasteiger charge is -2.28. The number of benzene rings is 4. The van der Waals surface area contributed by atoms with Gasteiger partial charge in [0.15, 0.2) is 5.75 Å². The van der Waals surface area contributed by atoms with Crippen LogP contribution in [0.1, 0.15) is 38.1 Å². The van der Waals surface area contributed by atoms with Crippen LogP contribution in [0.5, 0.6) is 5.75 Å². The summed E-state index contributed by atoms with van der Waals surface area (Å²) in [4.78, 5) is 28.8. The number of nitrogens with one attached hydrogen (secondary N) is 1. The third-order valence-corrected chi connectivity index (χ3v) is 11.7. The molecule has 1 aliphatic rings. The van der Waals surface area contributed by atoms with Crippen molar-refractivity contribution in [3.05, 3.63) is 124 Å². The molecule has 0 aliphatic carbocycles. The summed E-state index contributed by atoms with van der Waals surface area (Å²) in [5, 5.41) is 14.6. The minimum Gasteiger partial charge on any atom is -0.480 e. The molecule has 292 valence electrons. The first kappa shape index (κ1) is 40.7. The summed E-state index contributed by atoms with van der Waals surface area (Å²) in [6, 6.07) is 27.3. The van der Waals surface area contributed by atoms with Crippen molar-refractivity contribution < 1.29 is 37.0 Å². The van der Waals surface area contributed by atoms with Crippen molar-refractivity contribution >= 4 is 84.2 Å². The van der Waals surface area contributed by atoms with Gasteiger partial charge in [0.2, 0.25) is 24.0 Å². The number of ether oxygens (including phenoxy) is 1. The van der Waals surface area contributed by atoms with E-state index in [-0.39, 0.29) is 38.5 Å². The Morgan fingerprint density at radius 2 is 1.73 bits per heavy atom. The molecule has 0 saturated heterocycles. The van der Waals surface area contributed by atoms with Gasteiger partial charge < -0.3 is 25.0 Å². The molecule has 11 nitrogen and oxygen atoms in total. The smallest absolute Gasteiger partial charge is 0.326 e. The zero-order chi connectivity index (χ0) is 40.0. The number of fused-ring (bicyclic) bond motifs is 2. The van der Waals surface area contributed by atoms with Crippen LogP contribution in [0, 0.1) is 0 Å². The van der Waals surface area contributed by atoms with Crippen LogP contribution in [-0.4, -0.2) is 54.8 Å². The van der Waals surface area contributed by atoms with E-state index in [1.54, 1.807) is 36.1 Å². The highest BCUT2D eigenvalue weighted by atomic mass is 35.5. The SMILES string of the molecule is CCC(/C=C1\Oc2ccc(-c3ccccc3)cc2N1CCCS(=O)(=O)O)=C\c1sc2ccc(Cl)cc2[n+]1CNC(=O)CCN(c1ccc(Cl)cc1)C(C)C(=O)O. The number of carbonyl (C=O) groups excluding carboxylic acids is 1. The Morgan fingerprint density at radius 3 is 2.43 bits per heavy atom. The van der Waals surface area contributed by atoms with Crippen molar-refractivity contribution in [1.29, 1.82) is 0 Å². The Hall–Kier alpha value is -4.92. The van der Waals surface area contributed by atoms with Crippen LogP contribution in [-0.2, 0) is 26.4 Å². The van der Waals surface area contributed by atoms with E-state index < -0.39 is 27.9 Å². The minimum absolute atomic E-state index is 0.0401. The maximum atomic E-state index is 13.3. The second-order valence-electron chi connectivity index (χ2n) is 13.2. The quantitative estimate of drug-likeness (QED) is 0.0660. The van der Waals surface area contributed by atoms with Crippen molar-refractivity contribution in [2.24, 2.45) is 0 Å². The summed E-state index contributed by atoms with van der Waals surface area (Å²) in [6.07, 6.45) is 4.76. The van der Waals surface area contributed by atoms with Crippen LogP contribution >= 0.6 is 34.5 Å². The summed E-state index contributed by atoms with van der Waals surface area (Å²) in [7, 11) is -4.16. The fourth-order valence-electron chi connectivity index (χ4n) is 6.35. The molecular weight excluding hydrogens is 796 g/mol. The normalized spacial score (nSPS) is 14.1. The third kappa shape index (κ3) is 10.1. The number of anilines is 2. The average molecular weight is 837 g/mol. The molecule has 1 amide bonds. The van der Waals surface area contributed by atoms with Crippen molar-refractivity contribution in [3.8, 4) is 16.9 Å². The predicted molar refractivity (Wildman–Crippen MR) is 223 cm³/mol. The predicted octanol–water partition coefficient (Wildman–Crippen LogP) is 8.42. The van der Waals surface area contributed by atoms with Gasteiger partial charge in [-0.15, -0.1) is 0 Å². The Morgan fingerprint density at radius 1 is 1.00 bits per heavy atom. The summed E-state index contributed by atoms with van der Waals surface area (Å²) in [5.74, 6) is -0.538. The molecule has 15 heteroatoms. The maximum Gasteiger partial charge on any atom is 0.326 e. The number of carboxylic acids is 1. The summed E-state index contributed by atoms with van der Waals surface area (Å²) >= 11 is 14.0. The molecule has 0 bridgehead atoms. The van der Waals surface area contributed by atoms with Gasteiger partial charge in [0.1, 0.15) is 10.7 Å². The fraction of sp³-hybridized carbons (Fsp3) is 0.244. The highest BCUT2D eigenvalue weighted by Crippen LogP contribution is 2.42. The summed E-state index contributed by atoms with van der Waals surface area (Å²) < 4.78 is 42.0. The standard InChI is InChI=1S/C41H40Cl2N4O7S2/c1-3-28(22-39-46(19-7-21-56(51,52)53)34-24-30(10-16-36(34)54-39)29-8-5-4-6-9-29)23-40-47(35-25-32(43)13-17-37(35)55-40)26-44-38(48)18-20-45(27(2)41(49)50)33-14-11-31(42)12-15-33/h4-6,8-17,22-25,27H,3,7,18-21,26H2,1-2H3,(H2-,44,48,49,50,51,52,53)/p+1. The van der Waals surface area contributed by atoms with Gasteiger partial charge in [0.05, 0.1) is 11.4 Å². The summed E-state index contributed by atoms with van der Waals surface area (Å²) in [6.45, 7) is 4.16. The Kier molecular flexibility index (Phi) is 13.0. The van der Waals surface area contributed by atoms with Gasteiger partial charge in [0.25, 0.3) is 15.1 Å². The van der Waals surface area contributed by atoms with Crippen LogP contribution in [0.2, 0.25) is 10.0 Å². The van der Waals surface area contributed by atoms with Crippen LogP contribution in [0.25, 0.3) is 27.4 Å². The second kappa shape index (κ2) is 17.9. The molecular formula is C41H41Cl2N4O7S2+. The number of hydrogen-bond donors (Lipinski definition) is 3. The van der Waals surface area contributed by atoms with E-state index in [4.69, 9.17) is 27.9 Å². The van der Waals surface area contributed by atoms with Crippen molar-refractivity contribution in [1.82, 2.24) is 5.32 Å². The van der Waals surface area contributed by atoms with Crippen molar-refractivity contribution in [2.45, 2.75) is 45.8 Å². The molecule has 3 N–H and O–H groups in total. The number of nitrogens with zero attached hydrogens (tertiary/aromatic N) is 3. The molecule has 0 saturated carbocycles. The Bertz CT molecular complexity index is 2400. The van der Waals surface area contributed by atoms with Crippen LogP contribution in [0.15, 0.2) is 109 Å². The number of aliphatic carboxylic acids is 1. The van der Waals surface area contributed by atoms with Crippen LogP contribution in [0.4, 0.5) is 11.4 Å². The molecule has 1 aromatic heterocycles. The molecule has 1 atom stereocenters. The number of amides is 1. The number of allylic oxidation sites excluding steroid dienone is 2. The largest absolute Gasteiger partial charge is 0.480 e. The average Bonchev–Trinajstić information content (AvgIpc) is 3.69. The summed E-state index contributed by atoms with van der Waals surface area (Å²) in [5.41, 5.74) is 5.14. The number of carbonyl (C=O) groups is 2. The lowest BCUT2D eigenvalue weighted by molar-refractivity contribution is -0.672. The van der Waals surface area contributed by atoms with Gasteiger partial charge in [0, 0.05) is 53.5 Å². The number of carboxylic acid groups (broad SMARTS) is 1. The van der Waals surface area contributed by atoms with E-state index in [9.17, 15) is 27.7 Å². The lowest BCUT2D eigenvalue weighted by Crippen LogP contribution is -2.46. The topological polar surface area (TPSA) is 140 Å². The minimum atomic E-state index is -4.16. The zero-order valence-corrected chi connectivity index (χ0v) is 33.8. The molecule has 1 unspecified atom stereocenters. The number of thiazole rings is 1. The highest BCUT2D eigenvalue weighted by molar-refractivity contribution is 7.85. The first-order chi connectivity index (χ1) is 26.8. The van der Waals surface area contributed by atoms with E-state index in [1.807, 2.05) is 95.3 Å². The number of aromatic nitrogens is 1. The molecule has 2 heterocycles. The van der Waals surface area contributed by atoms with Gasteiger partial charge in [-0.3, -0.25) is 9.35 Å². The van der Waals surface area contributed by atoms with Gasteiger partial charge in [-0.05, 0) is 85.0 Å². The molecule has 0 spiro atoms. The zero-order valence-electron chi connectivity index (χ0n) is 30.7. The molecule has 0 radical (unpaired) electrons. The molecule has 6 rings (SSSR count). The monoisotopic (exact) mass is 835 g/mol. The Balaban J connectivity index is 1.27. The van der Waals surface area contributed by atoms with Crippen molar-refractivity contribution in [3.63, 3.8) is 0 Å². The first-order valence-electron chi connectivity index (χ1n) is 18.0. The van der Waals surface area contributed by atoms with Crippen LogP contribution in [0.3, 0.4) is 0 Å². The van der Waals surface area contributed by atoms with E-state index in [0.29, 0.717) is 33.8 Å². The van der Waals surface area contributed by atoms with Crippen LogP contribution < -0.4 is 24.4 Å². The lowest BCUT2D eigenvalue weighted by atomic mass is 10.0. The third-order valence-electron chi connectivity index (χ3n) is 9.34. The van der Waals surface area contributed by atoms with E-state index in [1.165, 1.54) is 11.3 Å². The maximum absolute atomic E-state index is 13.3.